The van der Waals surface area contributed by atoms with Crippen LogP contribution >= 0.6 is 22.7 Å². The van der Waals surface area contributed by atoms with Crippen molar-refractivity contribution in [2.75, 3.05) is 0 Å². The van der Waals surface area contributed by atoms with Gasteiger partial charge in [0.15, 0.2) is 0 Å². The summed E-state index contributed by atoms with van der Waals surface area (Å²) in [6, 6.07) is 2.04. The number of thiophene rings is 1. The highest BCUT2D eigenvalue weighted by atomic mass is 32.1. The van der Waals surface area contributed by atoms with Gasteiger partial charge in [-0.05, 0) is 30.0 Å². The van der Waals surface area contributed by atoms with Gasteiger partial charge in [-0.3, -0.25) is 4.79 Å². The minimum absolute atomic E-state index is 0.0923. The van der Waals surface area contributed by atoms with Crippen LogP contribution in [-0.2, 0) is 0 Å². The number of aryl methyl sites for hydroxylation is 1. The molecule has 0 bridgehead atoms. The Kier molecular flexibility index (Phi) is 2.12. The Morgan fingerprint density at radius 1 is 1.50 bits per heavy atom. The summed E-state index contributed by atoms with van der Waals surface area (Å²) in [6.07, 6.45) is 3.30. The zero-order chi connectivity index (χ0) is 11.1. The molecule has 0 amide bonds. The van der Waals surface area contributed by atoms with Crippen LogP contribution in [0.15, 0.2) is 22.6 Å². The lowest BCUT2D eigenvalue weighted by molar-refractivity contribution is 0.932. The third-order valence-corrected chi connectivity index (χ3v) is 4.22. The highest BCUT2D eigenvalue weighted by molar-refractivity contribution is 7.15. The quantitative estimate of drug-likeness (QED) is 0.648. The third-order valence-electron chi connectivity index (χ3n) is 2.28. The largest absolute Gasteiger partial charge is 0.291 e. The van der Waals surface area contributed by atoms with E-state index < -0.39 is 0 Å². The van der Waals surface area contributed by atoms with Crippen LogP contribution in [0.4, 0.5) is 0 Å². The average Bonchev–Trinajstić information content (AvgIpc) is 2.91. The molecule has 0 aliphatic rings. The molecule has 0 unspecified atom stereocenters. The fraction of sp³-hybridized carbons (Fsp3) is 0.100. The highest BCUT2D eigenvalue weighted by Crippen LogP contribution is 2.15. The van der Waals surface area contributed by atoms with Gasteiger partial charge in [0.25, 0.3) is 5.56 Å². The van der Waals surface area contributed by atoms with Gasteiger partial charge in [0.05, 0.1) is 4.53 Å². The van der Waals surface area contributed by atoms with Crippen molar-refractivity contribution in [3.63, 3.8) is 0 Å². The van der Waals surface area contributed by atoms with Crippen molar-refractivity contribution in [3.05, 3.63) is 43.1 Å². The smallest absolute Gasteiger partial charge is 0.266 e. The average molecular weight is 249 g/mol. The molecule has 0 spiro atoms. The van der Waals surface area contributed by atoms with Gasteiger partial charge in [0.1, 0.15) is 6.33 Å². The molecule has 80 valence electrons. The van der Waals surface area contributed by atoms with Gasteiger partial charge < -0.3 is 0 Å². The summed E-state index contributed by atoms with van der Waals surface area (Å²) in [6.45, 7) is 2.03. The van der Waals surface area contributed by atoms with Crippen LogP contribution in [0, 0.1) is 6.92 Å². The van der Waals surface area contributed by atoms with Crippen molar-refractivity contribution in [1.82, 2.24) is 14.6 Å². The Morgan fingerprint density at radius 3 is 3.06 bits per heavy atom. The van der Waals surface area contributed by atoms with E-state index in [0.29, 0.717) is 9.49 Å². The van der Waals surface area contributed by atoms with E-state index in [1.54, 1.807) is 11.3 Å². The lowest BCUT2D eigenvalue weighted by Gasteiger charge is -1.85. The summed E-state index contributed by atoms with van der Waals surface area (Å²) in [5.74, 6) is 0. The molecule has 0 saturated carbocycles. The van der Waals surface area contributed by atoms with Crippen molar-refractivity contribution in [2.45, 2.75) is 6.92 Å². The molecular formula is C10H7N3OS2. The van der Waals surface area contributed by atoms with E-state index >= 15 is 0 Å². The number of nitrogens with zero attached hydrogens (tertiary/aromatic N) is 3. The minimum atomic E-state index is -0.0923. The van der Waals surface area contributed by atoms with E-state index in [1.807, 2.05) is 24.4 Å². The van der Waals surface area contributed by atoms with Crippen molar-refractivity contribution >= 4 is 33.7 Å². The van der Waals surface area contributed by atoms with Crippen LogP contribution in [-0.4, -0.2) is 14.6 Å². The summed E-state index contributed by atoms with van der Waals surface area (Å²) < 4.78 is 2.01. The molecule has 3 heterocycles. The van der Waals surface area contributed by atoms with E-state index in [-0.39, 0.29) is 5.56 Å². The van der Waals surface area contributed by atoms with Gasteiger partial charge in [-0.2, -0.15) is 9.61 Å². The zero-order valence-corrected chi connectivity index (χ0v) is 10.0. The second kappa shape index (κ2) is 3.50. The molecular weight excluding hydrogens is 242 g/mol. The number of hydrogen-bond acceptors (Lipinski definition) is 5. The van der Waals surface area contributed by atoms with Crippen LogP contribution in [0.1, 0.15) is 10.4 Å². The predicted molar refractivity (Wildman–Crippen MR) is 65.0 cm³/mol. The molecule has 0 radical (unpaired) electrons. The number of thiazole rings is 1. The van der Waals surface area contributed by atoms with Gasteiger partial charge >= 0.3 is 0 Å². The maximum atomic E-state index is 11.9. The first-order chi connectivity index (χ1) is 7.75. The van der Waals surface area contributed by atoms with Crippen LogP contribution in [0.25, 0.3) is 11.0 Å². The zero-order valence-electron chi connectivity index (χ0n) is 8.38. The number of aromatic nitrogens is 3. The van der Waals surface area contributed by atoms with E-state index in [9.17, 15) is 4.79 Å². The van der Waals surface area contributed by atoms with Gasteiger partial charge in [-0.1, -0.05) is 11.3 Å². The molecule has 0 saturated heterocycles. The first kappa shape index (κ1) is 9.68. The van der Waals surface area contributed by atoms with Crippen molar-refractivity contribution in [3.8, 4) is 0 Å². The highest BCUT2D eigenvalue weighted by Gasteiger charge is 2.05. The Hall–Kier alpha value is -1.53. The Morgan fingerprint density at radius 2 is 2.38 bits per heavy atom. The molecule has 3 aromatic rings. The molecule has 0 atom stereocenters. The second-order valence-corrected chi connectivity index (χ2v) is 5.29. The molecule has 3 rings (SSSR count). The number of rotatable bonds is 1. The predicted octanol–water partition coefficient (Wildman–Crippen LogP) is 1.07. The van der Waals surface area contributed by atoms with Crippen LogP contribution in [0.5, 0.6) is 0 Å². The van der Waals surface area contributed by atoms with Gasteiger partial charge in [0, 0.05) is 4.88 Å². The van der Waals surface area contributed by atoms with Crippen LogP contribution in [0.3, 0.4) is 0 Å². The Bertz CT molecular complexity index is 753. The minimum Gasteiger partial charge on any atom is -0.266 e. The fourth-order valence-electron chi connectivity index (χ4n) is 1.43. The summed E-state index contributed by atoms with van der Waals surface area (Å²) in [7, 11) is 0. The molecule has 3 aromatic heterocycles. The van der Waals surface area contributed by atoms with E-state index in [4.69, 9.17) is 0 Å². The first-order valence-corrected chi connectivity index (χ1v) is 6.33. The third kappa shape index (κ3) is 1.38. The molecule has 0 aromatic carbocycles. The summed E-state index contributed by atoms with van der Waals surface area (Å²) in [5.41, 5.74) is 1.09. The van der Waals surface area contributed by atoms with Crippen molar-refractivity contribution in [1.29, 1.82) is 0 Å². The monoisotopic (exact) mass is 249 g/mol. The summed E-state index contributed by atoms with van der Waals surface area (Å²) in [5, 5.41) is 5.89. The van der Waals surface area contributed by atoms with Gasteiger partial charge in [-0.25, -0.2) is 4.98 Å². The second-order valence-electron chi connectivity index (χ2n) is 3.34. The number of fused-ring (bicyclic) bond motifs is 1. The van der Waals surface area contributed by atoms with Crippen molar-refractivity contribution < 1.29 is 0 Å². The summed E-state index contributed by atoms with van der Waals surface area (Å²) >= 11 is 2.99. The molecule has 0 fully saturated rings. The molecule has 0 N–H and O–H groups in total. The standard InChI is InChI=1S/C10H7N3OS2/c1-6-2-3-15-7(6)4-8-9(14)13-10(16-8)11-5-12-13/h2-5H,1H3/b8-4+. The van der Waals surface area contributed by atoms with Crippen LogP contribution in [0.2, 0.25) is 0 Å². The lowest BCUT2D eigenvalue weighted by atomic mass is 10.3. The van der Waals surface area contributed by atoms with Gasteiger partial charge in [0.2, 0.25) is 4.96 Å². The SMILES string of the molecule is Cc1ccsc1/C=c1/sc2ncnn2c1=O. The fourth-order valence-corrected chi connectivity index (χ4v) is 3.23. The maximum absolute atomic E-state index is 11.9. The lowest BCUT2D eigenvalue weighted by Crippen LogP contribution is -2.23. The van der Waals surface area contributed by atoms with Gasteiger partial charge in [-0.15, -0.1) is 11.3 Å². The molecule has 0 aliphatic heterocycles. The Balaban J connectivity index is 2.30. The first-order valence-electron chi connectivity index (χ1n) is 4.64. The van der Waals surface area contributed by atoms with E-state index in [0.717, 1.165) is 4.88 Å². The van der Waals surface area contributed by atoms with Crippen molar-refractivity contribution in [2.24, 2.45) is 0 Å². The molecule has 6 heteroatoms. The molecule has 0 aliphatic carbocycles. The van der Waals surface area contributed by atoms with Crippen LogP contribution < -0.4 is 10.1 Å². The molecule has 4 nitrogen and oxygen atoms in total. The summed E-state index contributed by atoms with van der Waals surface area (Å²) in [4.78, 5) is 17.6. The topological polar surface area (TPSA) is 47.3 Å². The normalized spacial score (nSPS) is 12.7. The Labute approximate surface area is 98.5 Å². The maximum Gasteiger partial charge on any atom is 0.291 e. The number of hydrogen-bond donors (Lipinski definition) is 0. The van der Waals surface area contributed by atoms with E-state index in [1.165, 1.54) is 27.7 Å². The molecule has 16 heavy (non-hydrogen) atoms. The van der Waals surface area contributed by atoms with E-state index in [2.05, 4.69) is 10.1 Å².